The highest BCUT2D eigenvalue weighted by Gasteiger charge is 2.25. The average molecular weight is 378 g/mol. The number of nitro groups is 1. The minimum atomic E-state index is -0.472. The Morgan fingerprint density at radius 1 is 1.25 bits per heavy atom. The van der Waals surface area contributed by atoms with E-state index < -0.39 is 4.92 Å². The van der Waals surface area contributed by atoms with Gasteiger partial charge in [0.15, 0.2) is 5.82 Å². The van der Waals surface area contributed by atoms with Gasteiger partial charge in [-0.25, -0.2) is 9.67 Å². The van der Waals surface area contributed by atoms with E-state index in [1.165, 1.54) is 6.07 Å². The van der Waals surface area contributed by atoms with Crippen molar-refractivity contribution in [1.29, 1.82) is 0 Å². The fourth-order valence-corrected chi connectivity index (χ4v) is 2.78. The number of benzene rings is 1. The molecule has 0 spiro atoms. The molecule has 0 aliphatic heterocycles. The lowest BCUT2D eigenvalue weighted by Gasteiger charge is -2.09. The number of nitrogens with one attached hydrogen (secondary N) is 2. The first-order valence-corrected chi connectivity index (χ1v) is 8.88. The van der Waals surface area contributed by atoms with Gasteiger partial charge in [0.2, 0.25) is 0 Å². The molecular weight excluding hydrogens is 360 g/mol. The van der Waals surface area contributed by atoms with Crippen molar-refractivity contribution in [2.45, 2.75) is 25.4 Å². The topological polar surface area (TPSA) is 115 Å². The molecule has 1 aliphatic carbocycles. The Morgan fingerprint density at radius 2 is 2.11 bits per heavy atom. The zero-order chi connectivity index (χ0) is 19.5. The van der Waals surface area contributed by atoms with Crippen LogP contribution in [-0.4, -0.2) is 31.6 Å². The summed E-state index contributed by atoms with van der Waals surface area (Å²) >= 11 is 0. The van der Waals surface area contributed by atoms with E-state index in [9.17, 15) is 14.9 Å². The van der Waals surface area contributed by atoms with Gasteiger partial charge in [0.25, 0.3) is 11.6 Å². The van der Waals surface area contributed by atoms with Crippen LogP contribution in [0.5, 0.6) is 0 Å². The summed E-state index contributed by atoms with van der Waals surface area (Å²) in [6, 6.07) is 10.2. The molecule has 9 heteroatoms. The summed E-state index contributed by atoms with van der Waals surface area (Å²) in [6.07, 6.45) is 7.09. The van der Waals surface area contributed by atoms with E-state index >= 15 is 0 Å². The van der Waals surface area contributed by atoms with Crippen LogP contribution >= 0.6 is 0 Å². The molecule has 1 aliphatic rings. The summed E-state index contributed by atoms with van der Waals surface area (Å²) in [7, 11) is 0. The van der Waals surface area contributed by atoms with E-state index in [0.29, 0.717) is 11.5 Å². The first-order chi connectivity index (χ1) is 13.6. The SMILES string of the molecule is O=C(NCc1ccnc(-n2cccn2)c1)c1ccc(NC2CC2)c([N+](=O)[O-])c1. The largest absolute Gasteiger partial charge is 0.377 e. The van der Waals surface area contributed by atoms with Crippen molar-refractivity contribution in [3.05, 3.63) is 76.2 Å². The van der Waals surface area contributed by atoms with Crippen molar-refractivity contribution in [1.82, 2.24) is 20.1 Å². The first-order valence-electron chi connectivity index (χ1n) is 8.88. The molecular formula is C19H18N6O3. The van der Waals surface area contributed by atoms with Gasteiger partial charge < -0.3 is 10.6 Å². The minimum absolute atomic E-state index is 0.0931. The van der Waals surface area contributed by atoms with Crippen molar-refractivity contribution >= 4 is 17.3 Å². The summed E-state index contributed by atoms with van der Waals surface area (Å²) in [5, 5.41) is 21.4. The lowest BCUT2D eigenvalue weighted by atomic mass is 10.1. The third kappa shape index (κ3) is 3.98. The van der Waals surface area contributed by atoms with Crippen LogP contribution in [0.3, 0.4) is 0 Å². The molecule has 0 saturated heterocycles. The molecule has 28 heavy (non-hydrogen) atoms. The summed E-state index contributed by atoms with van der Waals surface area (Å²) < 4.78 is 1.63. The number of anilines is 1. The molecule has 2 N–H and O–H groups in total. The standard InChI is InChI=1S/C19H18N6O3/c26-19(14-2-5-16(23-15-3-4-15)17(11-14)25(27)28)21-12-13-6-8-20-18(10-13)24-9-1-7-22-24/h1-2,5-11,15,23H,3-4,12H2,(H,21,26). The zero-order valence-corrected chi connectivity index (χ0v) is 14.9. The highest BCUT2D eigenvalue weighted by molar-refractivity contribution is 5.95. The van der Waals surface area contributed by atoms with E-state index in [2.05, 4.69) is 20.7 Å². The summed E-state index contributed by atoms with van der Waals surface area (Å²) in [4.78, 5) is 27.6. The van der Waals surface area contributed by atoms with Gasteiger partial charge >= 0.3 is 0 Å². The Labute approximate surface area is 160 Å². The second kappa shape index (κ2) is 7.47. The van der Waals surface area contributed by atoms with Crippen LogP contribution in [0.1, 0.15) is 28.8 Å². The molecule has 2 heterocycles. The highest BCUT2D eigenvalue weighted by atomic mass is 16.6. The molecule has 0 radical (unpaired) electrons. The molecule has 1 aromatic carbocycles. The predicted octanol–water partition coefficient (Wildman–Crippen LogP) is 2.68. The third-order valence-corrected chi connectivity index (χ3v) is 4.40. The van der Waals surface area contributed by atoms with Crippen LogP contribution in [0.2, 0.25) is 0 Å². The van der Waals surface area contributed by atoms with Crippen molar-refractivity contribution < 1.29 is 9.72 Å². The first kappa shape index (κ1) is 17.7. The molecule has 1 saturated carbocycles. The number of carbonyl (C=O) groups excluding carboxylic acids is 1. The van der Waals surface area contributed by atoms with Gasteiger partial charge in [-0.15, -0.1) is 0 Å². The average Bonchev–Trinajstić information content (AvgIpc) is 3.35. The maximum Gasteiger partial charge on any atom is 0.293 e. The van der Waals surface area contributed by atoms with Crippen molar-refractivity contribution in [3.63, 3.8) is 0 Å². The van der Waals surface area contributed by atoms with Crippen LogP contribution in [0, 0.1) is 10.1 Å². The van der Waals surface area contributed by atoms with Crippen LogP contribution in [-0.2, 0) is 6.54 Å². The van der Waals surface area contributed by atoms with E-state index in [-0.39, 0.29) is 29.7 Å². The van der Waals surface area contributed by atoms with E-state index in [0.717, 1.165) is 18.4 Å². The normalized spacial score (nSPS) is 13.1. The minimum Gasteiger partial charge on any atom is -0.377 e. The molecule has 9 nitrogen and oxygen atoms in total. The molecule has 3 aromatic rings. The van der Waals surface area contributed by atoms with Gasteiger partial charge in [-0.05, 0) is 48.7 Å². The number of hydrogen-bond acceptors (Lipinski definition) is 6. The lowest BCUT2D eigenvalue weighted by Crippen LogP contribution is -2.23. The maximum atomic E-state index is 12.5. The van der Waals surface area contributed by atoms with Gasteiger partial charge in [-0.2, -0.15) is 5.10 Å². The zero-order valence-electron chi connectivity index (χ0n) is 14.9. The van der Waals surface area contributed by atoms with Crippen molar-refractivity contribution in [2.75, 3.05) is 5.32 Å². The van der Waals surface area contributed by atoms with Crippen LogP contribution < -0.4 is 10.6 Å². The van der Waals surface area contributed by atoms with Crippen molar-refractivity contribution in [2.24, 2.45) is 0 Å². The number of hydrogen-bond donors (Lipinski definition) is 2. The van der Waals surface area contributed by atoms with E-state index in [1.54, 1.807) is 47.5 Å². The van der Waals surface area contributed by atoms with E-state index in [4.69, 9.17) is 0 Å². The van der Waals surface area contributed by atoms with Gasteiger partial charge in [-0.3, -0.25) is 14.9 Å². The fourth-order valence-electron chi connectivity index (χ4n) is 2.78. The Kier molecular flexibility index (Phi) is 4.71. The quantitative estimate of drug-likeness (QED) is 0.482. The smallest absolute Gasteiger partial charge is 0.293 e. The Bertz CT molecular complexity index is 1010. The number of nitro benzene ring substituents is 1. The summed E-state index contributed by atoms with van der Waals surface area (Å²) in [5.41, 5.74) is 1.44. The number of rotatable bonds is 7. The van der Waals surface area contributed by atoms with Crippen LogP contribution in [0.4, 0.5) is 11.4 Å². The summed E-state index contributed by atoms with van der Waals surface area (Å²) in [6.45, 7) is 0.269. The Hall–Kier alpha value is -3.75. The van der Waals surface area contributed by atoms with Crippen LogP contribution in [0.25, 0.3) is 5.82 Å². The summed E-state index contributed by atoms with van der Waals surface area (Å²) in [5.74, 6) is 0.265. The number of nitrogens with zero attached hydrogens (tertiary/aromatic N) is 4. The highest BCUT2D eigenvalue weighted by Crippen LogP contribution is 2.31. The number of pyridine rings is 1. The molecule has 142 valence electrons. The number of amides is 1. The molecule has 4 rings (SSSR count). The lowest BCUT2D eigenvalue weighted by molar-refractivity contribution is -0.384. The molecule has 0 bridgehead atoms. The number of aromatic nitrogens is 3. The fraction of sp³-hybridized carbons (Fsp3) is 0.211. The molecule has 1 fully saturated rings. The Morgan fingerprint density at radius 3 is 2.82 bits per heavy atom. The second-order valence-corrected chi connectivity index (χ2v) is 6.56. The second-order valence-electron chi connectivity index (χ2n) is 6.56. The maximum absolute atomic E-state index is 12.5. The monoisotopic (exact) mass is 378 g/mol. The molecule has 1 amide bonds. The third-order valence-electron chi connectivity index (χ3n) is 4.40. The molecule has 2 aromatic heterocycles. The predicted molar refractivity (Wildman–Crippen MR) is 102 cm³/mol. The van der Waals surface area contributed by atoms with Crippen LogP contribution in [0.15, 0.2) is 55.0 Å². The molecule has 0 unspecified atom stereocenters. The van der Waals surface area contributed by atoms with Gasteiger partial charge in [0, 0.05) is 42.8 Å². The van der Waals surface area contributed by atoms with Gasteiger partial charge in [0.05, 0.1) is 4.92 Å². The van der Waals surface area contributed by atoms with Gasteiger partial charge in [0.1, 0.15) is 5.69 Å². The number of carbonyl (C=O) groups is 1. The van der Waals surface area contributed by atoms with Gasteiger partial charge in [-0.1, -0.05) is 0 Å². The molecule has 0 atom stereocenters. The van der Waals surface area contributed by atoms with E-state index in [1.807, 2.05) is 6.07 Å². The van der Waals surface area contributed by atoms with Crippen molar-refractivity contribution in [3.8, 4) is 5.82 Å². The Balaban J connectivity index is 1.46.